The molecule has 0 amide bonds. The van der Waals surface area contributed by atoms with Gasteiger partial charge in [-0.2, -0.15) is 13.1 Å². The number of hydrogen-bond acceptors (Lipinski definition) is 3. The molecule has 0 radical (unpaired) electrons. The molecule has 1 aromatic carbocycles. The minimum absolute atomic E-state index is 0.430. The predicted octanol–water partition coefficient (Wildman–Crippen LogP) is 1.74. The molecule has 96 valence electrons. The van der Waals surface area contributed by atoms with Crippen molar-refractivity contribution in [3.8, 4) is 5.75 Å². The van der Waals surface area contributed by atoms with E-state index in [-0.39, 0.29) is 0 Å². The molecule has 0 aliphatic rings. The van der Waals surface area contributed by atoms with Crippen molar-refractivity contribution in [1.82, 2.24) is 4.72 Å². The van der Waals surface area contributed by atoms with E-state index in [1.807, 2.05) is 6.92 Å². The molecule has 0 saturated carbocycles. The van der Waals surface area contributed by atoms with Gasteiger partial charge in [0.25, 0.3) is 10.2 Å². The topological polar surface area (TPSA) is 67.4 Å². The van der Waals surface area contributed by atoms with Gasteiger partial charge in [0.05, 0.1) is 12.8 Å². The number of para-hydroxylation sites is 2. The van der Waals surface area contributed by atoms with Crippen LogP contribution in [0.2, 0.25) is 0 Å². The fraction of sp³-hybridized carbons (Fsp3) is 0.455. The highest BCUT2D eigenvalue weighted by Gasteiger charge is 2.11. The third-order valence-electron chi connectivity index (χ3n) is 2.17. The molecule has 5 nitrogen and oxygen atoms in total. The first kappa shape index (κ1) is 13.8. The van der Waals surface area contributed by atoms with E-state index in [0.717, 1.165) is 12.8 Å². The van der Waals surface area contributed by atoms with Crippen molar-refractivity contribution >= 4 is 15.9 Å². The van der Waals surface area contributed by atoms with Crippen molar-refractivity contribution < 1.29 is 13.2 Å². The zero-order valence-electron chi connectivity index (χ0n) is 10.1. The van der Waals surface area contributed by atoms with Crippen LogP contribution in [0.15, 0.2) is 24.3 Å². The molecule has 2 N–H and O–H groups in total. The van der Waals surface area contributed by atoms with Crippen LogP contribution < -0.4 is 14.2 Å². The summed E-state index contributed by atoms with van der Waals surface area (Å²) in [6.07, 6.45) is 1.75. The van der Waals surface area contributed by atoms with Gasteiger partial charge in [-0.25, -0.2) is 0 Å². The van der Waals surface area contributed by atoms with Gasteiger partial charge in [0.15, 0.2) is 0 Å². The fourth-order valence-electron chi connectivity index (χ4n) is 1.29. The molecule has 0 heterocycles. The van der Waals surface area contributed by atoms with Crippen molar-refractivity contribution in [3.05, 3.63) is 24.3 Å². The largest absolute Gasteiger partial charge is 0.495 e. The van der Waals surface area contributed by atoms with Gasteiger partial charge in [0.1, 0.15) is 5.75 Å². The number of hydrogen-bond donors (Lipinski definition) is 2. The molecule has 0 aromatic heterocycles. The summed E-state index contributed by atoms with van der Waals surface area (Å²) < 4.78 is 33.3. The van der Waals surface area contributed by atoms with Gasteiger partial charge < -0.3 is 4.74 Å². The Hall–Kier alpha value is -1.27. The molecule has 0 aliphatic heterocycles. The second kappa shape index (κ2) is 6.46. The maximum Gasteiger partial charge on any atom is 0.299 e. The van der Waals surface area contributed by atoms with E-state index in [0.29, 0.717) is 18.0 Å². The quantitative estimate of drug-likeness (QED) is 0.732. The molecule has 0 atom stereocenters. The van der Waals surface area contributed by atoms with Gasteiger partial charge in [0.2, 0.25) is 0 Å². The maximum absolute atomic E-state index is 11.7. The highest BCUT2D eigenvalue weighted by molar-refractivity contribution is 7.90. The minimum atomic E-state index is -3.52. The van der Waals surface area contributed by atoms with E-state index < -0.39 is 10.2 Å². The van der Waals surface area contributed by atoms with E-state index in [2.05, 4.69) is 9.44 Å². The molecule has 0 spiro atoms. The van der Waals surface area contributed by atoms with Gasteiger partial charge in [0, 0.05) is 6.54 Å². The summed E-state index contributed by atoms with van der Waals surface area (Å²) in [5, 5.41) is 0. The first-order valence-corrected chi connectivity index (χ1v) is 6.98. The Balaban J connectivity index is 2.69. The lowest BCUT2D eigenvalue weighted by atomic mass is 10.3. The van der Waals surface area contributed by atoms with Crippen molar-refractivity contribution in [2.75, 3.05) is 18.4 Å². The average Bonchev–Trinajstić information content (AvgIpc) is 2.29. The third kappa shape index (κ3) is 4.62. The average molecular weight is 258 g/mol. The fourth-order valence-corrected chi connectivity index (χ4v) is 2.24. The highest BCUT2D eigenvalue weighted by atomic mass is 32.2. The Morgan fingerprint density at radius 2 is 2.00 bits per heavy atom. The zero-order chi connectivity index (χ0) is 12.7. The van der Waals surface area contributed by atoms with Crippen LogP contribution >= 0.6 is 0 Å². The van der Waals surface area contributed by atoms with E-state index >= 15 is 0 Å². The molecule has 0 saturated heterocycles. The lowest BCUT2D eigenvalue weighted by Crippen LogP contribution is -2.31. The molecule has 1 rings (SSSR count). The molecular formula is C11H18N2O3S. The molecular weight excluding hydrogens is 240 g/mol. The summed E-state index contributed by atoms with van der Waals surface area (Å²) in [4.78, 5) is 0. The second-order valence-electron chi connectivity index (χ2n) is 3.55. The predicted molar refractivity (Wildman–Crippen MR) is 68.4 cm³/mol. The third-order valence-corrected chi connectivity index (χ3v) is 3.25. The van der Waals surface area contributed by atoms with Gasteiger partial charge in [-0.15, -0.1) is 0 Å². The van der Waals surface area contributed by atoms with Crippen LogP contribution in [0.1, 0.15) is 19.8 Å². The Morgan fingerprint density at radius 3 is 2.65 bits per heavy atom. The van der Waals surface area contributed by atoms with Crippen LogP contribution in [0.3, 0.4) is 0 Å². The first-order valence-electron chi connectivity index (χ1n) is 5.49. The summed E-state index contributed by atoms with van der Waals surface area (Å²) in [6, 6.07) is 6.87. The van der Waals surface area contributed by atoms with E-state index in [1.165, 1.54) is 7.11 Å². The summed E-state index contributed by atoms with van der Waals surface area (Å²) in [5.74, 6) is 0.494. The summed E-state index contributed by atoms with van der Waals surface area (Å²) >= 11 is 0. The van der Waals surface area contributed by atoms with Crippen LogP contribution in [0, 0.1) is 0 Å². The van der Waals surface area contributed by atoms with Crippen LogP contribution in [-0.2, 0) is 10.2 Å². The molecule has 0 fully saturated rings. The second-order valence-corrected chi connectivity index (χ2v) is 5.05. The standard InChI is InChI=1S/C11H18N2O3S/c1-3-4-9-12-17(14,15)13-10-7-5-6-8-11(10)16-2/h5-8,12-13H,3-4,9H2,1-2H3. The number of anilines is 1. The van der Waals surface area contributed by atoms with Crippen molar-refractivity contribution in [2.45, 2.75) is 19.8 Å². The van der Waals surface area contributed by atoms with Gasteiger partial charge in [-0.1, -0.05) is 25.5 Å². The molecule has 0 bridgehead atoms. The molecule has 1 aromatic rings. The number of ether oxygens (including phenoxy) is 1. The van der Waals surface area contributed by atoms with Crippen molar-refractivity contribution in [3.63, 3.8) is 0 Å². The summed E-state index contributed by atoms with van der Waals surface area (Å²) in [6.45, 7) is 2.43. The summed E-state index contributed by atoms with van der Waals surface area (Å²) in [7, 11) is -2.02. The van der Waals surface area contributed by atoms with E-state index in [9.17, 15) is 8.42 Å². The van der Waals surface area contributed by atoms with Crippen molar-refractivity contribution in [1.29, 1.82) is 0 Å². The van der Waals surface area contributed by atoms with Crippen LogP contribution in [-0.4, -0.2) is 22.1 Å². The SMILES string of the molecule is CCCCNS(=O)(=O)Nc1ccccc1OC. The normalized spacial score (nSPS) is 11.2. The van der Waals surface area contributed by atoms with Crippen LogP contribution in [0.25, 0.3) is 0 Å². The molecule has 0 unspecified atom stereocenters. The Labute approximate surface area is 102 Å². The number of nitrogens with one attached hydrogen (secondary N) is 2. The maximum atomic E-state index is 11.7. The van der Waals surface area contributed by atoms with E-state index in [4.69, 9.17) is 4.74 Å². The monoisotopic (exact) mass is 258 g/mol. The molecule has 17 heavy (non-hydrogen) atoms. The number of rotatable bonds is 7. The Kier molecular flexibility index (Phi) is 5.24. The molecule has 6 heteroatoms. The number of methoxy groups -OCH3 is 1. The lowest BCUT2D eigenvalue weighted by molar-refractivity contribution is 0.417. The van der Waals surface area contributed by atoms with Gasteiger partial charge in [-0.3, -0.25) is 4.72 Å². The Morgan fingerprint density at radius 1 is 1.29 bits per heavy atom. The van der Waals surface area contributed by atoms with E-state index in [1.54, 1.807) is 24.3 Å². The molecule has 0 aliphatic carbocycles. The Bertz CT molecular complexity index is 446. The zero-order valence-corrected chi connectivity index (χ0v) is 10.9. The highest BCUT2D eigenvalue weighted by Crippen LogP contribution is 2.23. The van der Waals surface area contributed by atoms with Gasteiger partial charge in [-0.05, 0) is 18.6 Å². The summed E-state index contributed by atoms with van der Waals surface area (Å²) in [5.41, 5.74) is 0.430. The minimum Gasteiger partial charge on any atom is -0.495 e. The first-order chi connectivity index (χ1) is 8.09. The number of unbranched alkanes of at least 4 members (excludes halogenated alkanes) is 1. The lowest BCUT2D eigenvalue weighted by Gasteiger charge is -2.11. The smallest absolute Gasteiger partial charge is 0.299 e. The van der Waals surface area contributed by atoms with Crippen molar-refractivity contribution in [2.24, 2.45) is 0 Å². The van der Waals surface area contributed by atoms with Gasteiger partial charge >= 0.3 is 0 Å². The van der Waals surface area contributed by atoms with Crippen LogP contribution in [0.5, 0.6) is 5.75 Å². The van der Waals surface area contributed by atoms with Crippen LogP contribution in [0.4, 0.5) is 5.69 Å². The number of benzene rings is 1.